The van der Waals surface area contributed by atoms with Crippen molar-refractivity contribution in [3.63, 3.8) is 0 Å². The van der Waals surface area contributed by atoms with E-state index in [1.807, 2.05) is 28.8 Å². The Morgan fingerprint density at radius 3 is 2.57 bits per heavy atom. The zero-order valence-electron chi connectivity index (χ0n) is 20.6. The molecule has 1 aliphatic rings. The lowest BCUT2D eigenvalue weighted by Gasteiger charge is -2.37. The highest BCUT2D eigenvalue weighted by atomic mass is 16.2. The van der Waals surface area contributed by atoms with Crippen LogP contribution in [0.1, 0.15) is 11.1 Å². The van der Waals surface area contributed by atoms with E-state index in [2.05, 4.69) is 52.3 Å². The molecular weight excluding hydrogens is 440 g/mol. The molecule has 0 aliphatic carbocycles. The van der Waals surface area contributed by atoms with E-state index in [0.29, 0.717) is 12.1 Å². The number of nitrogens with zero attached hydrogens (tertiary/aromatic N) is 5. The van der Waals surface area contributed by atoms with Gasteiger partial charge in [-0.05, 0) is 37.1 Å². The number of hydrogen-bond donors (Lipinski definition) is 1. The Morgan fingerprint density at radius 1 is 1.00 bits per heavy atom. The Kier molecular flexibility index (Phi) is 6.30. The number of anilines is 1. The number of rotatable bonds is 6. The average molecular weight is 473 g/mol. The van der Waals surface area contributed by atoms with Crippen LogP contribution in [0.4, 0.5) is 5.69 Å². The van der Waals surface area contributed by atoms with Crippen LogP contribution >= 0.6 is 0 Å². The molecule has 1 amide bonds. The normalized spacial score (nSPS) is 14.7. The SMILES string of the molecule is Cc1cccc(N2CCN(CCNC(=O)Cn3c4ccccc4c4cnn(C)c(=O)c43)CC2)c1C. The summed E-state index contributed by atoms with van der Waals surface area (Å²) in [6.07, 6.45) is 1.70. The summed E-state index contributed by atoms with van der Waals surface area (Å²) in [5.74, 6) is -0.0967. The van der Waals surface area contributed by atoms with Crippen LogP contribution in [0.5, 0.6) is 0 Å². The molecule has 8 heteroatoms. The molecule has 5 rings (SSSR count). The van der Waals surface area contributed by atoms with Gasteiger partial charge in [-0.1, -0.05) is 30.3 Å². The second-order valence-corrected chi connectivity index (χ2v) is 9.34. The van der Waals surface area contributed by atoms with Crippen molar-refractivity contribution in [1.82, 2.24) is 24.6 Å². The van der Waals surface area contributed by atoms with E-state index in [1.54, 1.807) is 13.2 Å². The highest BCUT2D eigenvalue weighted by Gasteiger charge is 2.20. The molecule has 0 unspecified atom stereocenters. The molecule has 0 bridgehead atoms. The molecule has 1 aliphatic heterocycles. The Morgan fingerprint density at radius 2 is 1.77 bits per heavy atom. The second kappa shape index (κ2) is 9.54. The van der Waals surface area contributed by atoms with Crippen molar-refractivity contribution in [2.24, 2.45) is 7.05 Å². The van der Waals surface area contributed by atoms with E-state index in [9.17, 15) is 9.59 Å². The zero-order chi connectivity index (χ0) is 24.5. The Balaban J connectivity index is 1.20. The van der Waals surface area contributed by atoms with Crippen molar-refractivity contribution >= 4 is 33.4 Å². The van der Waals surface area contributed by atoms with Gasteiger partial charge in [0.05, 0.1) is 6.20 Å². The molecule has 2 aromatic heterocycles. The zero-order valence-corrected chi connectivity index (χ0v) is 20.6. The summed E-state index contributed by atoms with van der Waals surface area (Å²) in [6, 6.07) is 14.3. The average Bonchev–Trinajstić information content (AvgIpc) is 3.17. The number of carbonyl (C=O) groups excluding carboxylic acids is 1. The molecule has 182 valence electrons. The van der Waals surface area contributed by atoms with E-state index in [0.717, 1.165) is 49.0 Å². The number of aromatic nitrogens is 3. The van der Waals surface area contributed by atoms with Gasteiger partial charge < -0.3 is 14.8 Å². The quantitative estimate of drug-likeness (QED) is 0.467. The highest BCUT2D eigenvalue weighted by Crippen LogP contribution is 2.26. The molecule has 3 heterocycles. The lowest BCUT2D eigenvalue weighted by Crippen LogP contribution is -2.48. The van der Waals surface area contributed by atoms with Gasteiger partial charge in [0, 0.05) is 68.3 Å². The summed E-state index contributed by atoms with van der Waals surface area (Å²) in [6.45, 7) is 9.75. The molecule has 1 saturated heterocycles. The summed E-state index contributed by atoms with van der Waals surface area (Å²) >= 11 is 0. The Bertz CT molecular complexity index is 1450. The van der Waals surface area contributed by atoms with Gasteiger partial charge in [0.25, 0.3) is 5.56 Å². The summed E-state index contributed by atoms with van der Waals surface area (Å²) in [5.41, 5.74) is 5.18. The minimum Gasteiger partial charge on any atom is -0.369 e. The molecule has 35 heavy (non-hydrogen) atoms. The van der Waals surface area contributed by atoms with Crippen LogP contribution in [0.3, 0.4) is 0 Å². The van der Waals surface area contributed by atoms with Crippen LogP contribution in [-0.2, 0) is 18.4 Å². The number of carbonyl (C=O) groups is 1. The van der Waals surface area contributed by atoms with Gasteiger partial charge in [0.1, 0.15) is 12.1 Å². The predicted molar refractivity (Wildman–Crippen MR) is 140 cm³/mol. The third-order valence-corrected chi connectivity index (χ3v) is 7.21. The molecule has 2 aromatic carbocycles. The summed E-state index contributed by atoms with van der Waals surface area (Å²) < 4.78 is 3.13. The third kappa shape index (κ3) is 4.41. The maximum absolute atomic E-state index is 12.9. The molecule has 8 nitrogen and oxygen atoms in total. The van der Waals surface area contributed by atoms with Crippen LogP contribution in [0.25, 0.3) is 21.8 Å². The third-order valence-electron chi connectivity index (χ3n) is 7.21. The first-order valence-corrected chi connectivity index (χ1v) is 12.2. The monoisotopic (exact) mass is 472 g/mol. The van der Waals surface area contributed by atoms with Gasteiger partial charge in [-0.2, -0.15) is 5.10 Å². The van der Waals surface area contributed by atoms with Gasteiger partial charge in [-0.15, -0.1) is 0 Å². The summed E-state index contributed by atoms with van der Waals surface area (Å²) in [4.78, 5) is 30.5. The lowest BCUT2D eigenvalue weighted by molar-refractivity contribution is -0.121. The van der Waals surface area contributed by atoms with Crippen molar-refractivity contribution in [3.05, 3.63) is 70.1 Å². The smallest absolute Gasteiger partial charge is 0.291 e. The molecule has 0 radical (unpaired) electrons. The fourth-order valence-electron chi connectivity index (χ4n) is 5.05. The molecule has 1 N–H and O–H groups in total. The second-order valence-electron chi connectivity index (χ2n) is 9.34. The summed E-state index contributed by atoms with van der Waals surface area (Å²) in [5, 5.41) is 8.93. The molecule has 0 saturated carbocycles. The van der Waals surface area contributed by atoms with E-state index in [4.69, 9.17) is 0 Å². The van der Waals surface area contributed by atoms with Gasteiger partial charge in [0.2, 0.25) is 5.91 Å². The number of nitrogens with one attached hydrogen (secondary N) is 1. The van der Waals surface area contributed by atoms with Gasteiger partial charge in [0.15, 0.2) is 0 Å². The van der Waals surface area contributed by atoms with Crippen LogP contribution in [0, 0.1) is 13.8 Å². The first-order valence-electron chi connectivity index (χ1n) is 12.2. The number of amides is 1. The maximum Gasteiger partial charge on any atom is 0.291 e. The van der Waals surface area contributed by atoms with Crippen LogP contribution in [-0.4, -0.2) is 64.4 Å². The van der Waals surface area contributed by atoms with Gasteiger partial charge >= 0.3 is 0 Å². The predicted octanol–water partition coefficient (Wildman–Crippen LogP) is 2.44. The minimum absolute atomic E-state index is 0.0967. The molecule has 0 atom stereocenters. The number of fused-ring (bicyclic) bond motifs is 3. The molecule has 0 spiro atoms. The largest absolute Gasteiger partial charge is 0.369 e. The molecule has 4 aromatic rings. The Hall–Kier alpha value is -3.65. The summed E-state index contributed by atoms with van der Waals surface area (Å²) in [7, 11) is 1.63. The van der Waals surface area contributed by atoms with Crippen molar-refractivity contribution in [2.75, 3.05) is 44.2 Å². The van der Waals surface area contributed by atoms with Crippen molar-refractivity contribution in [3.8, 4) is 0 Å². The van der Waals surface area contributed by atoms with E-state index < -0.39 is 0 Å². The van der Waals surface area contributed by atoms with Crippen LogP contribution in [0.2, 0.25) is 0 Å². The minimum atomic E-state index is -0.201. The number of hydrogen-bond acceptors (Lipinski definition) is 5. The van der Waals surface area contributed by atoms with Gasteiger partial charge in [-0.3, -0.25) is 14.5 Å². The van der Waals surface area contributed by atoms with E-state index in [1.165, 1.54) is 21.5 Å². The van der Waals surface area contributed by atoms with Crippen molar-refractivity contribution in [2.45, 2.75) is 20.4 Å². The first-order chi connectivity index (χ1) is 16.9. The van der Waals surface area contributed by atoms with Crippen LogP contribution < -0.4 is 15.8 Å². The maximum atomic E-state index is 12.9. The Labute approximate surface area is 204 Å². The van der Waals surface area contributed by atoms with Gasteiger partial charge in [-0.25, -0.2) is 4.68 Å². The topological polar surface area (TPSA) is 75.4 Å². The molecule has 1 fully saturated rings. The van der Waals surface area contributed by atoms with E-state index >= 15 is 0 Å². The fraction of sp³-hybridized carbons (Fsp3) is 0.370. The van der Waals surface area contributed by atoms with Crippen molar-refractivity contribution < 1.29 is 4.79 Å². The van der Waals surface area contributed by atoms with Crippen molar-refractivity contribution in [1.29, 1.82) is 0 Å². The highest BCUT2D eigenvalue weighted by molar-refractivity contribution is 6.07. The lowest BCUT2D eigenvalue weighted by atomic mass is 10.1. The number of piperazine rings is 1. The molecular formula is C27H32N6O2. The number of benzene rings is 2. The number of aryl methyl sites for hydroxylation is 2. The van der Waals surface area contributed by atoms with Crippen LogP contribution in [0.15, 0.2) is 53.5 Å². The van der Waals surface area contributed by atoms with E-state index in [-0.39, 0.29) is 18.0 Å². The first kappa shape index (κ1) is 23.1. The standard InChI is InChI=1S/C27H32N6O2/c1-19-7-6-10-23(20(19)2)32-15-13-31(14-16-32)12-11-28-25(34)18-33-24-9-5-4-8-21(24)22-17-29-30(3)27(35)26(22)33/h4-10,17H,11-16,18H2,1-3H3,(H,28,34). The number of para-hydroxylation sites is 1. The fourth-order valence-corrected chi connectivity index (χ4v) is 5.05.